The molecule has 0 spiro atoms. The molecule has 0 aliphatic carbocycles. The Morgan fingerprint density at radius 1 is 0.341 bits per heavy atom. The van der Waals surface area contributed by atoms with E-state index in [1.807, 2.05) is 0 Å². The van der Waals surface area contributed by atoms with Crippen LogP contribution in [0.4, 0.5) is 0 Å². The van der Waals surface area contributed by atoms with Crippen molar-refractivity contribution in [2.45, 2.75) is 0 Å². The lowest BCUT2D eigenvalue weighted by Crippen LogP contribution is -2.43. The van der Waals surface area contributed by atoms with Gasteiger partial charge in [-0.3, -0.25) is 0 Å². The lowest BCUT2D eigenvalue weighted by atomic mass is 9.92. The topological polar surface area (TPSA) is 244 Å². The summed E-state index contributed by atoms with van der Waals surface area (Å²) in [5.41, 5.74) is 21.0. The summed E-state index contributed by atoms with van der Waals surface area (Å²) in [5.74, 6) is 1.74. The minimum Gasteiger partial charge on any atom is -0.412 e. The van der Waals surface area contributed by atoms with Crippen molar-refractivity contribution in [1.82, 2.24) is 6.15 Å². The number of ether oxygens (including phenoxy) is 8. The fourth-order valence-electron chi connectivity index (χ4n) is 3.36. The Morgan fingerprint density at radius 3 is 0.636 bits per heavy atom. The van der Waals surface area contributed by atoms with Crippen LogP contribution in [0.1, 0.15) is 0 Å². The van der Waals surface area contributed by atoms with E-state index in [1.54, 1.807) is 0 Å². The molecule has 13 N–H and O–H groups in total. The number of nitrogens with two attached hydrogens (primary N) is 4. The first-order chi connectivity index (χ1) is 20.5. The van der Waals surface area contributed by atoms with Gasteiger partial charge < -0.3 is 72.5 Å². The lowest BCUT2D eigenvalue weighted by Gasteiger charge is -2.33. The zero-order valence-corrected chi connectivity index (χ0v) is 29.3. The van der Waals surface area contributed by atoms with Crippen LogP contribution in [0.15, 0.2) is 0 Å². The predicted octanol–water partition coefficient (Wildman–Crippen LogP) is 0.206. The van der Waals surface area contributed by atoms with E-state index in [0.29, 0.717) is 155 Å². The highest BCUT2D eigenvalue weighted by atomic mass is 35.5. The molecule has 18 heteroatoms. The summed E-state index contributed by atoms with van der Waals surface area (Å²) in [6.45, 7) is 9.05. The molecule has 44 heavy (non-hydrogen) atoms. The molecule has 0 rings (SSSR count). The van der Waals surface area contributed by atoms with Crippen molar-refractivity contribution < 1.29 is 43.4 Å². The highest BCUT2D eigenvalue weighted by Crippen LogP contribution is 2.22. The van der Waals surface area contributed by atoms with E-state index >= 15 is 0 Å². The van der Waals surface area contributed by atoms with E-state index in [4.69, 9.17) is 107 Å². The molecule has 0 aliphatic rings. The first kappa shape index (κ1) is 51.4. The zero-order chi connectivity index (χ0) is 31.6. The summed E-state index contributed by atoms with van der Waals surface area (Å²) in [4.78, 5) is 0. The molecule has 0 bridgehead atoms. The molecule has 0 unspecified atom stereocenters. The van der Waals surface area contributed by atoms with Gasteiger partial charge in [0, 0.05) is 49.7 Å². The molecule has 0 aromatic heterocycles. The Bertz CT molecular complexity index is 411. The largest absolute Gasteiger partial charge is 0.412 e. The van der Waals surface area contributed by atoms with Crippen molar-refractivity contribution >= 4 is 46.4 Å². The number of alkyl halides is 4. The second-order valence-corrected chi connectivity index (χ2v) is 10.8. The molecule has 0 amide bonds. The normalized spacial score (nSPS) is 11.5. The molecule has 14 nitrogen and oxygen atoms in total. The second kappa shape index (κ2) is 39.8. The molecule has 0 atom stereocenters. The van der Waals surface area contributed by atoms with E-state index in [0.717, 1.165) is 0 Å². The molecular weight excluding hydrogens is 668 g/mol. The third kappa shape index (κ3) is 31.2. The summed E-state index contributed by atoms with van der Waals surface area (Å²) in [5, 5.41) is 0. The van der Waals surface area contributed by atoms with Gasteiger partial charge in [0.1, 0.15) is 0 Å². The highest BCUT2D eigenvalue weighted by Gasteiger charge is 2.33. The maximum Gasteiger partial charge on any atom is 0.0637 e. The Labute approximate surface area is 284 Å². The molecule has 0 saturated carbocycles. The molecule has 272 valence electrons. The van der Waals surface area contributed by atoms with Crippen LogP contribution >= 0.6 is 46.4 Å². The molecule has 0 heterocycles. The average Bonchev–Trinajstić information content (AvgIpc) is 2.98. The lowest BCUT2D eigenvalue weighted by molar-refractivity contribution is -0.103. The average molecular weight is 730 g/mol. The second-order valence-electron chi connectivity index (χ2n) is 9.33. The van der Waals surface area contributed by atoms with E-state index in [-0.39, 0.29) is 11.6 Å². The third-order valence-electron chi connectivity index (χ3n) is 5.20. The number of rotatable bonds is 32. The Kier molecular flexibility index (Phi) is 46.5. The predicted molar refractivity (Wildman–Crippen MR) is 179 cm³/mol. The van der Waals surface area contributed by atoms with Crippen molar-refractivity contribution in [1.29, 1.82) is 0 Å². The minimum atomic E-state index is -0.420. The monoisotopic (exact) mass is 727 g/mol. The molecule has 0 aromatic rings. The van der Waals surface area contributed by atoms with Gasteiger partial charge in [0.25, 0.3) is 0 Å². The van der Waals surface area contributed by atoms with E-state index < -0.39 is 10.8 Å². The van der Waals surface area contributed by atoms with Gasteiger partial charge in [-0.25, -0.2) is 0 Å². The summed E-state index contributed by atoms with van der Waals surface area (Å²) in [7, 11) is 0. The first-order valence-corrected chi connectivity index (χ1v) is 16.3. The van der Waals surface area contributed by atoms with Crippen LogP contribution in [0.5, 0.6) is 0 Å². The molecule has 0 radical (unpaired) electrons. The van der Waals surface area contributed by atoms with Gasteiger partial charge in [-0.1, -0.05) is 0 Å². The van der Waals surface area contributed by atoms with Crippen LogP contribution < -0.4 is 29.1 Å². The summed E-state index contributed by atoms with van der Waals surface area (Å²) >= 11 is 22.6. The highest BCUT2D eigenvalue weighted by molar-refractivity contribution is 6.18. The quantitative estimate of drug-likeness (QED) is 0.0460. The fraction of sp³-hybridized carbons (Fsp3) is 1.00. The maximum atomic E-state index is 5.64. The number of halogens is 4. The van der Waals surface area contributed by atoms with Crippen LogP contribution in [0.25, 0.3) is 0 Å². The van der Waals surface area contributed by atoms with Crippen molar-refractivity contribution in [3.8, 4) is 0 Å². The molecule has 0 fully saturated rings. The van der Waals surface area contributed by atoms with E-state index in [1.165, 1.54) is 0 Å². The van der Waals surface area contributed by atoms with Gasteiger partial charge in [0.2, 0.25) is 0 Å². The van der Waals surface area contributed by atoms with Gasteiger partial charge in [-0.05, 0) is 0 Å². The Balaban J connectivity index is -0.000000348. The molecule has 0 saturated heterocycles. The molecular formula is C26H61Cl4N5O9. The van der Waals surface area contributed by atoms with Gasteiger partial charge in [0.15, 0.2) is 0 Å². The van der Waals surface area contributed by atoms with Crippen LogP contribution in [0.3, 0.4) is 0 Å². The Morgan fingerprint density at radius 2 is 0.500 bits per heavy atom. The van der Waals surface area contributed by atoms with Crippen LogP contribution in [0, 0.1) is 10.8 Å². The fourth-order valence-corrected chi connectivity index (χ4v) is 3.80. The van der Waals surface area contributed by atoms with Gasteiger partial charge in [0.05, 0.1) is 117 Å². The van der Waals surface area contributed by atoms with Crippen molar-refractivity contribution in [2.24, 2.45) is 33.8 Å². The minimum absolute atomic E-state index is 0. The smallest absolute Gasteiger partial charge is 0.0637 e. The van der Waals surface area contributed by atoms with Gasteiger partial charge in [-0.15, -0.1) is 46.4 Å². The van der Waals surface area contributed by atoms with Gasteiger partial charge >= 0.3 is 0 Å². The summed E-state index contributed by atoms with van der Waals surface area (Å²) in [6, 6.07) is 0. The van der Waals surface area contributed by atoms with Crippen molar-refractivity contribution in [3.05, 3.63) is 0 Å². The standard InChI is InChI=1S/C13H24Cl4O4.C13H32N4O4.H3N.H2O/c2*14-1-5-18-9-13(10-19-6-2-15,11-20-7-3-16)12-21-8-4-17;;/h1-12H2;1-12,14-17H2;1H3;1H2. The SMILES string of the molecule is ClCCOCC(COCCCl)(COCCCl)COCCCl.N.NCCOCC(COCCN)(COCCN)COCCN.O. The number of hydrogen-bond donors (Lipinski definition) is 5. The van der Waals surface area contributed by atoms with Crippen molar-refractivity contribution in [3.63, 3.8) is 0 Å². The third-order valence-corrected chi connectivity index (χ3v) is 5.82. The van der Waals surface area contributed by atoms with E-state index in [9.17, 15) is 0 Å². The zero-order valence-electron chi connectivity index (χ0n) is 26.3. The van der Waals surface area contributed by atoms with Crippen LogP contribution in [-0.4, -0.2) is 161 Å². The van der Waals surface area contributed by atoms with Crippen molar-refractivity contribution in [2.75, 3.05) is 155 Å². The summed E-state index contributed by atoms with van der Waals surface area (Å²) < 4.78 is 44.6. The Hall–Kier alpha value is 0.600. The van der Waals surface area contributed by atoms with E-state index in [2.05, 4.69) is 0 Å². The van der Waals surface area contributed by atoms with Gasteiger partial charge in [-0.2, -0.15) is 0 Å². The first-order valence-electron chi connectivity index (χ1n) is 14.1. The molecule has 0 aromatic carbocycles. The molecule has 0 aliphatic heterocycles. The number of hydrogen-bond acceptors (Lipinski definition) is 13. The van der Waals surface area contributed by atoms with Crippen LogP contribution in [-0.2, 0) is 37.9 Å². The summed E-state index contributed by atoms with van der Waals surface area (Å²) in [6.07, 6.45) is 0. The van der Waals surface area contributed by atoms with Crippen LogP contribution in [0.2, 0.25) is 0 Å². The maximum absolute atomic E-state index is 5.64.